The van der Waals surface area contributed by atoms with Gasteiger partial charge in [-0.2, -0.15) is 0 Å². The molecule has 0 spiro atoms. The summed E-state index contributed by atoms with van der Waals surface area (Å²) in [5.41, 5.74) is 14.2. The van der Waals surface area contributed by atoms with Crippen LogP contribution in [0.4, 0.5) is 0 Å². The maximum absolute atomic E-state index is 6.79. The molecule has 39 heavy (non-hydrogen) atoms. The van der Waals surface area contributed by atoms with E-state index >= 15 is 0 Å². The second-order valence-corrected chi connectivity index (χ2v) is 11.2. The summed E-state index contributed by atoms with van der Waals surface area (Å²) >= 11 is 0. The fourth-order valence-corrected chi connectivity index (χ4v) is 7.49. The monoisotopic (exact) mass is 500 g/mol. The van der Waals surface area contributed by atoms with Gasteiger partial charge in [-0.15, -0.1) is 0 Å². The van der Waals surface area contributed by atoms with Crippen LogP contribution in [-0.2, 0) is 7.05 Å². The number of rotatable bonds is 1. The van der Waals surface area contributed by atoms with Gasteiger partial charge in [0.15, 0.2) is 6.20 Å². The predicted octanol–water partition coefficient (Wildman–Crippen LogP) is 8.53. The second kappa shape index (κ2) is 7.45. The van der Waals surface area contributed by atoms with E-state index in [1.807, 2.05) is 0 Å². The molecule has 3 aliphatic rings. The first kappa shape index (κ1) is 21.3. The van der Waals surface area contributed by atoms with E-state index in [9.17, 15) is 0 Å². The van der Waals surface area contributed by atoms with Crippen LogP contribution >= 0.6 is 0 Å². The predicted molar refractivity (Wildman–Crippen MR) is 157 cm³/mol. The molecule has 10 rings (SSSR count). The van der Waals surface area contributed by atoms with Crippen LogP contribution in [-0.4, -0.2) is 0 Å². The summed E-state index contributed by atoms with van der Waals surface area (Å²) in [7, 11) is 2.19. The Bertz CT molecular complexity index is 2120. The summed E-state index contributed by atoms with van der Waals surface area (Å²) in [5.74, 6) is 0.517. The highest BCUT2D eigenvalue weighted by atomic mass is 16.3. The van der Waals surface area contributed by atoms with Gasteiger partial charge in [-0.05, 0) is 51.8 Å². The highest BCUT2D eigenvalue weighted by Crippen LogP contribution is 2.55. The molecule has 184 valence electrons. The Morgan fingerprint density at radius 3 is 1.87 bits per heavy atom. The summed E-state index contributed by atoms with van der Waals surface area (Å²) in [4.78, 5) is 0. The van der Waals surface area contributed by atoms with Crippen molar-refractivity contribution in [1.82, 2.24) is 0 Å². The van der Waals surface area contributed by atoms with E-state index in [1.54, 1.807) is 0 Å². The summed E-state index contributed by atoms with van der Waals surface area (Å²) < 4.78 is 9.11. The zero-order valence-electron chi connectivity index (χ0n) is 21.9. The van der Waals surface area contributed by atoms with Crippen molar-refractivity contribution in [3.8, 4) is 11.3 Å². The van der Waals surface area contributed by atoms with Crippen molar-refractivity contribution >= 4 is 32.7 Å². The van der Waals surface area contributed by atoms with Crippen LogP contribution in [0.3, 0.4) is 0 Å². The highest BCUT2D eigenvalue weighted by Gasteiger charge is 2.43. The molecular formula is C37H26NO+. The molecule has 0 radical (unpaired) electrons. The molecule has 3 aliphatic carbocycles. The molecule has 2 aromatic heterocycles. The average Bonchev–Trinajstić information content (AvgIpc) is 3.36. The number of fused-ring (bicyclic) bond motifs is 5. The summed E-state index contributed by atoms with van der Waals surface area (Å²) in [5, 5.41) is 4.71. The Kier molecular flexibility index (Phi) is 4.06. The molecule has 0 aliphatic heterocycles. The molecule has 0 saturated heterocycles. The van der Waals surface area contributed by atoms with Crippen LogP contribution in [0.15, 0.2) is 114 Å². The standard InChI is InChI=1S/C37H26NO/c1-21-15-17-29-28-18-16-22-9-3-4-10-23(22)36(28)39-37(29)33(21)32-19-30-31(20-38(32)2)35-26-13-7-5-11-24(26)34(30)25-12-6-8-14-27(25)35/h3-20,34-35H,1-2H3/q+1. The Hall–Kier alpha value is -4.69. The lowest BCUT2D eigenvalue weighted by Crippen LogP contribution is -2.36. The van der Waals surface area contributed by atoms with Gasteiger partial charge in [-0.3, -0.25) is 0 Å². The first-order valence-electron chi connectivity index (χ1n) is 13.7. The van der Waals surface area contributed by atoms with Gasteiger partial charge >= 0.3 is 0 Å². The van der Waals surface area contributed by atoms with Crippen LogP contribution in [0.2, 0.25) is 0 Å². The fourth-order valence-electron chi connectivity index (χ4n) is 7.49. The van der Waals surface area contributed by atoms with Crippen LogP contribution < -0.4 is 4.57 Å². The van der Waals surface area contributed by atoms with Crippen molar-refractivity contribution in [2.75, 3.05) is 0 Å². The Balaban J connectivity index is 1.34. The van der Waals surface area contributed by atoms with Gasteiger partial charge < -0.3 is 4.42 Å². The van der Waals surface area contributed by atoms with Gasteiger partial charge in [0.25, 0.3) is 0 Å². The molecule has 2 nitrogen and oxygen atoms in total. The van der Waals surface area contributed by atoms with E-state index in [1.165, 1.54) is 66.4 Å². The molecule has 0 amide bonds. The molecule has 7 aromatic rings. The third-order valence-corrected chi connectivity index (χ3v) is 9.19. The van der Waals surface area contributed by atoms with Crippen LogP contribution in [0.5, 0.6) is 0 Å². The van der Waals surface area contributed by atoms with E-state index in [0.29, 0.717) is 0 Å². The van der Waals surface area contributed by atoms with Crippen molar-refractivity contribution in [1.29, 1.82) is 0 Å². The van der Waals surface area contributed by atoms with Gasteiger partial charge in [0.1, 0.15) is 18.2 Å². The Morgan fingerprint density at radius 1 is 0.564 bits per heavy atom. The van der Waals surface area contributed by atoms with Crippen molar-refractivity contribution in [2.45, 2.75) is 18.8 Å². The average molecular weight is 501 g/mol. The van der Waals surface area contributed by atoms with Crippen molar-refractivity contribution in [3.05, 3.63) is 148 Å². The molecule has 0 fully saturated rings. The second-order valence-electron chi connectivity index (χ2n) is 11.2. The molecule has 2 heteroatoms. The molecular weight excluding hydrogens is 474 g/mol. The summed E-state index contributed by atoms with van der Waals surface area (Å²) in [6.45, 7) is 2.20. The Morgan fingerprint density at radius 2 is 1.15 bits per heavy atom. The maximum atomic E-state index is 6.79. The topological polar surface area (TPSA) is 17.0 Å². The first-order valence-corrected chi connectivity index (χ1v) is 13.7. The smallest absolute Gasteiger partial charge is 0.216 e. The van der Waals surface area contributed by atoms with Crippen LogP contribution in [0.25, 0.3) is 44.0 Å². The van der Waals surface area contributed by atoms with E-state index in [-0.39, 0.29) is 11.8 Å². The SMILES string of the molecule is Cc1ccc2c(oc3c4ccccc4ccc23)c1-c1cc2c(c[n+]1C)C1c3ccccc3C2c2ccccc21. The number of pyridine rings is 1. The van der Waals surface area contributed by atoms with Crippen LogP contribution in [0, 0.1) is 6.92 Å². The van der Waals surface area contributed by atoms with E-state index in [2.05, 4.69) is 128 Å². The van der Waals surface area contributed by atoms with Gasteiger partial charge in [-0.1, -0.05) is 91.0 Å². The zero-order valence-corrected chi connectivity index (χ0v) is 21.9. The minimum Gasteiger partial charge on any atom is -0.454 e. The van der Waals surface area contributed by atoms with Crippen LogP contribution in [0.1, 0.15) is 50.8 Å². The third kappa shape index (κ3) is 2.68. The molecule has 0 atom stereocenters. The van der Waals surface area contributed by atoms with E-state index in [4.69, 9.17) is 4.42 Å². The molecule has 0 N–H and O–H groups in total. The first-order chi connectivity index (χ1) is 19.2. The number of hydrogen-bond donors (Lipinski definition) is 0. The number of aromatic nitrogens is 1. The number of furan rings is 1. The molecule has 2 bridgehead atoms. The van der Waals surface area contributed by atoms with Gasteiger partial charge in [0.05, 0.1) is 5.56 Å². The molecule has 0 unspecified atom stereocenters. The number of benzene rings is 5. The zero-order chi connectivity index (χ0) is 25.8. The van der Waals surface area contributed by atoms with E-state index < -0.39 is 0 Å². The third-order valence-electron chi connectivity index (χ3n) is 9.19. The van der Waals surface area contributed by atoms with Gasteiger partial charge in [0.2, 0.25) is 5.69 Å². The number of aryl methyl sites for hydroxylation is 2. The largest absolute Gasteiger partial charge is 0.454 e. The van der Waals surface area contributed by atoms with Crippen molar-refractivity contribution < 1.29 is 8.98 Å². The highest BCUT2D eigenvalue weighted by molar-refractivity contribution is 6.17. The molecule has 5 aromatic carbocycles. The summed E-state index contributed by atoms with van der Waals surface area (Å²) in [6.07, 6.45) is 2.38. The minimum absolute atomic E-state index is 0.247. The quantitative estimate of drug-likeness (QED) is 0.206. The summed E-state index contributed by atoms with van der Waals surface area (Å²) in [6, 6.07) is 37.9. The number of nitrogens with zero attached hydrogens (tertiary/aromatic N) is 1. The normalized spacial score (nSPS) is 17.0. The van der Waals surface area contributed by atoms with E-state index in [0.717, 1.165) is 16.6 Å². The lowest BCUT2D eigenvalue weighted by Gasteiger charge is -2.41. The van der Waals surface area contributed by atoms with Gasteiger partial charge in [0, 0.05) is 39.6 Å². The fraction of sp³-hybridized carbons (Fsp3) is 0.108. The number of hydrogen-bond acceptors (Lipinski definition) is 1. The van der Waals surface area contributed by atoms with Gasteiger partial charge in [-0.25, -0.2) is 4.57 Å². The Labute approximate surface area is 226 Å². The lowest BCUT2D eigenvalue weighted by atomic mass is 9.61. The van der Waals surface area contributed by atoms with Crippen molar-refractivity contribution in [2.24, 2.45) is 7.05 Å². The molecule has 2 heterocycles. The van der Waals surface area contributed by atoms with Crippen molar-refractivity contribution in [3.63, 3.8) is 0 Å². The molecule has 0 saturated carbocycles. The minimum atomic E-state index is 0.247. The maximum Gasteiger partial charge on any atom is 0.216 e. The lowest BCUT2D eigenvalue weighted by molar-refractivity contribution is -0.660.